The zero-order valence-corrected chi connectivity index (χ0v) is 24.8. The molecule has 0 aromatic heterocycles. The molecule has 2 aromatic rings. The Bertz CT molecular complexity index is 1040. The van der Waals surface area contributed by atoms with E-state index in [0.717, 1.165) is 12.8 Å². The van der Waals surface area contributed by atoms with Crippen LogP contribution in [0.3, 0.4) is 0 Å². The molecular weight excluding hydrogens is 498 g/mol. The largest absolute Gasteiger partial charge is 0.443 e. The van der Waals surface area contributed by atoms with Crippen molar-refractivity contribution in [3.05, 3.63) is 60.7 Å². The maximum atomic E-state index is 12.9. The van der Waals surface area contributed by atoms with Gasteiger partial charge < -0.3 is 9.16 Å². The monoisotopic (exact) mass is 539 g/mol. The van der Waals surface area contributed by atoms with E-state index in [4.69, 9.17) is 9.16 Å². The van der Waals surface area contributed by atoms with Gasteiger partial charge in [0.2, 0.25) is 5.91 Å². The van der Waals surface area contributed by atoms with Crippen LogP contribution in [0.15, 0.2) is 60.7 Å². The first-order valence-electron chi connectivity index (χ1n) is 13.4. The summed E-state index contributed by atoms with van der Waals surface area (Å²) >= 11 is 1.89. The standard InChI is InChI=1S/C30H41NO4SSi/c1-29(2,3)35-28(33)31-25(18-20-27(31)32)26-19-17-22(36-26)21-34-37(30(4,5)6,23-13-9-7-10-14-23)24-15-11-8-12-16-24/h7-16,22,25-26H,17-21H2,1-6H3/t22-,25+,26+/m1/s1. The molecule has 0 radical (unpaired) electrons. The van der Waals surface area contributed by atoms with Crippen molar-refractivity contribution in [2.24, 2.45) is 0 Å². The number of nitrogens with zero attached hydrogens (tertiary/aromatic N) is 1. The van der Waals surface area contributed by atoms with Crippen molar-refractivity contribution >= 4 is 42.5 Å². The highest BCUT2D eigenvalue weighted by Crippen LogP contribution is 2.43. The maximum Gasteiger partial charge on any atom is 0.417 e. The van der Waals surface area contributed by atoms with Crippen LogP contribution in [0, 0.1) is 0 Å². The predicted molar refractivity (Wildman–Crippen MR) is 154 cm³/mol. The molecule has 2 heterocycles. The molecule has 3 atom stereocenters. The minimum atomic E-state index is -2.59. The number of carbonyl (C=O) groups excluding carboxylic acids is 2. The first kappa shape index (κ1) is 27.9. The number of hydrogen-bond acceptors (Lipinski definition) is 5. The van der Waals surface area contributed by atoms with Gasteiger partial charge in [-0.1, -0.05) is 81.4 Å². The highest BCUT2D eigenvalue weighted by molar-refractivity contribution is 8.00. The second-order valence-corrected chi connectivity index (χ2v) is 18.0. The van der Waals surface area contributed by atoms with Gasteiger partial charge >= 0.3 is 6.09 Å². The van der Waals surface area contributed by atoms with Crippen molar-refractivity contribution in [3.8, 4) is 0 Å². The molecular formula is C30H41NO4SSi. The average Bonchev–Trinajstić information content (AvgIpc) is 3.45. The highest BCUT2D eigenvalue weighted by atomic mass is 32.2. The summed E-state index contributed by atoms with van der Waals surface area (Å²) in [5.74, 6) is -0.119. The Morgan fingerprint density at radius 3 is 2.00 bits per heavy atom. The van der Waals surface area contributed by atoms with E-state index in [1.54, 1.807) is 0 Å². The number of amides is 2. The summed E-state index contributed by atoms with van der Waals surface area (Å²) in [6, 6.07) is 21.3. The van der Waals surface area contributed by atoms with Gasteiger partial charge in [-0.25, -0.2) is 9.69 Å². The summed E-state index contributed by atoms with van der Waals surface area (Å²) in [4.78, 5) is 26.9. The number of likely N-dealkylation sites (tertiary alicyclic amines) is 1. The zero-order chi connectivity index (χ0) is 26.8. The third-order valence-electron chi connectivity index (χ3n) is 7.32. The Morgan fingerprint density at radius 1 is 0.919 bits per heavy atom. The summed E-state index contributed by atoms with van der Waals surface area (Å²) in [6.07, 6.45) is 2.59. The van der Waals surface area contributed by atoms with E-state index in [-0.39, 0.29) is 22.2 Å². The fraction of sp³-hybridized carbons (Fsp3) is 0.533. The number of thioether (sulfide) groups is 1. The molecule has 0 spiro atoms. The predicted octanol–water partition coefficient (Wildman–Crippen LogP) is 5.75. The summed E-state index contributed by atoms with van der Waals surface area (Å²) in [7, 11) is -2.59. The fourth-order valence-corrected chi connectivity index (χ4v) is 12.1. The van der Waals surface area contributed by atoms with Gasteiger partial charge in [-0.05, 0) is 55.4 Å². The molecule has 7 heteroatoms. The van der Waals surface area contributed by atoms with Crippen LogP contribution in [0.2, 0.25) is 5.04 Å². The Labute approximate surface area is 227 Å². The van der Waals surface area contributed by atoms with Crippen LogP contribution >= 0.6 is 11.8 Å². The van der Waals surface area contributed by atoms with Gasteiger partial charge in [-0.15, -0.1) is 0 Å². The summed E-state index contributed by atoms with van der Waals surface area (Å²) in [5.41, 5.74) is -0.626. The number of benzene rings is 2. The maximum absolute atomic E-state index is 12.9. The summed E-state index contributed by atoms with van der Waals surface area (Å²) in [6.45, 7) is 13.1. The number of carbonyl (C=O) groups is 2. The molecule has 37 heavy (non-hydrogen) atoms. The van der Waals surface area contributed by atoms with E-state index in [1.807, 2.05) is 32.5 Å². The first-order valence-corrected chi connectivity index (χ1v) is 16.2. The van der Waals surface area contributed by atoms with E-state index in [9.17, 15) is 9.59 Å². The molecule has 0 aliphatic carbocycles. The van der Waals surface area contributed by atoms with Gasteiger partial charge in [0.15, 0.2) is 0 Å². The minimum Gasteiger partial charge on any atom is -0.443 e. The average molecular weight is 540 g/mol. The van der Waals surface area contributed by atoms with Gasteiger partial charge in [0, 0.05) is 23.5 Å². The van der Waals surface area contributed by atoms with Gasteiger partial charge in [0.25, 0.3) is 8.32 Å². The Kier molecular flexibility index (Phi) is 8.27. The number of ether oxygens (including phenoxy) is 1. The van der Waals surface area contributed by atoms with Crippen molar-refractivity contribution in [2.75, 3.05) is 6.61 Å². The zero-order valence-electron chi connectivity index (χ0n) is 23.0. The van der Waals surface area contributed by atoms with Crippen LogP contribution in [-0.2, 0) is 14.0 Å². The van der Waals surface area contributed by atoms with Crippen LogP contribution < -0.4 is 10.4 Å². The molecule has 2 amide bonds. The van der Waals surface area contributed by atoms with Crippen molar-refractivity contribution in [3.63, 3.8) is 0 Å². The van der Waals surface area contributed by atoms with Crippen LogP contribution in [0.4, 0.5) is 4.79 Å². The Balaban J connectivity index is 1.52. The lowest BCUT2D eigenvalue weighted by Gasteiger charge is -2.43. The third kappa shape index (κ3) is 5.99. The van der Waals surface area contributed by atoms with E-state index < -0.39 is 20.0 Å². The molecule has 0 bridgehead atoms. The summed E-state index contributed by atoms with van der Waals surface area (Å²) < 4.78 is 12.7. The van der Waals surface area contributed by atoms with Crippen molar-refractivity contribution in [2.45, 2.75) is 94.4 Å². The lowest BCUT2D eigenvalue weighted by Crippen LogP contribution is -2.67. The molecule has 0 unspecified atom stereocenters. The molecule has 2 aliphatic rings. The van der Waals surface area contributed by atoms with Gasteiger partial charge in [0.1, 0.15) is 5.60 Å². The number of rotatable bonds is 6. The van der Waals surface area contributed by atoms with Gasteiger partial charge in [-0.3, -0.25) is 4.79 Å². The Hall–Kier alpha value is -2.09. The third-order valence-corrected chi connectivity index (χ3v) is 14.0. The van der Waals surface area contributed by atoms with Crippen molar-refractivity contribution < 1.29 is 18.8 Å². The molecule has 2 aromatic carbocycles. The topological polar surface area (TPSA) is 55.8 Å². The smallest absolute Gasteiger partial charge is 0.417 e. The molecule has 200 valence electrons. The summed E-state index contributed by atoms with van der Waals surface area (Å²) in [5, 5.41) is 3.04. The second kappa shape index (κ2) is 10.9. The molecule has 2 fully saturated rings. The molecule has 2 saturated heterocycles. The molecule has 0 saturated carbocycles. The molecule has 2 aliphatic heterocycles. The normalized spacial score (nSPS) is 22.9. The van der Waals surface area contributed by atoms with E-state index in [0.29, 0.717) is 24.7 Å². The van der Waals surface area contributed by atoms with Gasteiger partial charge in [0.05, 0.1) is 6.04 Å². The Morgan fingerprint density at radius 2 is 1.49 bits per heavy atom. The van der Waals surface area contributed by atoms with E-state index >= 15 is 0 Å². The van der Waals surface area contributed by atoms with E-state index in [2.05, 4.69) is 81.4 Å². The molecule has 0 N–H and O–H groups in total. The lowest BCUT2D eigenvalue weighted by atomic mass is 10.1. The first-order chi connectivity index (χ1) is 17.4. The number of imide groups is 1. The van der Waals surface area contributed by atoms with Crippen molar-refractivity contribution in [1.82, 2.24) is 4.90 Å². The highest BCUT2D eigenvalue weighted by Gasteiger charge is 2.51. The molecule has 4 rings (SSSR count). The minimum absolute atomic E-state index is 0.0657. The SMILES string of the molecule is CC(C)(C)OC(=O)N1C(=O)CC[C@H]1[C@@H]1CC[C@H](CO[Si](c2ccccc2)(c2ccccc2)C(C)(C)C)S1. The van der Waals surface area contributed by atoms with Crippen LogP contribution in [0.25, 0.3) is 0 Å². The second-order valence-electron chi connectivity index (χ2n) is 12.2. The van der Waals surface area contributed by atoms with E-state index in [1.165, 1.54) is 15.3 Å². The van der Waals surface area contributed by atoms with Crippen LogP contribution in [0.1, 0.15) is 67.2 Å². The molecule has 5 nitrogen and oxygen atoms in total. The van der Waals surface area contributed by atoms with Crippen LogP contribution in [-0.4, -0.2) is 54.0 Å². The lowest BCUT2D eigenvalue weighted by molar-refractivity contribution is -0.128. The fourth-order valence-electron chi connectivity index (χ4n) is 5.73. The number of hydrogen-bond donors (Lipinski definition) is 0. The quantitative estimate of drug-likeness (QED) is 0.437. The van der Waals surface area contributed by atoms with Gasteiger partial charge in [-0.2, -0.15) is 11.8 Å². The van der Waals surface area contributed by atoms with Crippen LogP contribution in [0.5, 0.6) is 0 Å². The van der Waals surface area contributed by atoms with Crippen molar-refractivity contribution in [1.29, 1.82) is 0 Å².